The lowest BCUT2D eigenvalue weighted by Crippen LogP contribution is -1.95. The predicted molar refractivity (Wildman–Crippen MR) is 32.7 cm³/mol. The van der Waals surface area contributed by atoms with Crippen molar-refractivity contribution in [2.45, 2.75) is 0 Å². The zero-order valence-corrected chi connectivity index (χ0v) is 5.43. The Bertz CT molecular complexity index is 30.6. The van der Waals surface area contributed by atoms with Gasteiger partial charge < -0.3 is 5.73 Å². The Hall–Kier alpha value is 0.330. The molecule has 0 aromatic carbocycles. The molecular weight excluding hydrogens is 102 g/mol. The molecule has 3 N–H and O–H groups in total. The van der Waals surface area contributed by atoms with E-state index in [9.17, 15) is 0 Å². The first-order chi connectivity index (χ1) is 1.73. The molecule has 0 aliphatic heterocycles. The lowest BCUT2D eigenvalue weighted by Gasteiger charge is -1.66. The Balaban J connectivity index is 0. The first-order valence-corrected chi connectivity index (χ1v) is 1.40. The molecule has 0 saturated carbocycles. The number of hydrogen-bond acceptors (Lipinski definition) is 1. The van der Waals surface area contributed by atoms with E-state index in [2.05, 4.69) is 5.73 Å². The summed E-state index contributed by atoms with van der Waals surface area (Å²) in [6.45, 7) is 0. The van der Waals surface area contributed by atoms with E-state index in [4.69, 9.17) is 5.41 Å². The fourth-order valence-corrected chi connectivity index (χ4v) is 0. The number of amidine groups is 1. The largest absolute Gasteiger partial charge is 0.384 e. The van der Waals surface area contributed by atoms with Crippen LogP contribution in [0.15, 0.2) is 0 Å². The zero-order valence-electron chi connectivity index (χ0n) is 2.86. The van der Waals surface area contributed by atoms with Crippen LogP contribution < -0.4 is 5.73 Å². The third-order valence-corrected chi connectivity index (χ3v) is 0. The maximum absolute atomic E-state index is 6.24. The molecule has 0 aromatic rings. The van der Waals surface area contributed by atoms with Gasteiger partial charge in [-0.15, -0.1) is 0 Å². The monoisotopic (exact) mass is 110 g/mol. The summed E-state index contributed by atoms with van der Waals surface area (Å²) in [5, 5.41) is 6.24. The summed E-state index contributed by atoms with van der Waals surface area (Å²) < 4.78 is 0. The normalized spacial score (nSPS) is 5.00. The molecule has 0 spiro atoms. The van der Waals surface area contributed by atoms with Crippen molar-refractivity contribution >= 4 is 24.7 Å². The van der Waals surface area contributed by atoms with Crippen molar-refractivity contribution in [2.24, 2.45) is 5.73 Å². The summed E-state index contributed by atoms with van der Waals surface area (Å²) in [5.74, 6) is 0. The third-order valence-electron chi connectivity index (χ3n) is 0. The van der Waals surface area contributed by atoms with Gasteiger partial charge in [-0.2, -0.15) is 9.90 Å². The van der Waals surface area contributed by atoms with E-state index >= 15 is 0 Å². The van der Waals surface area contributed by atoms with Crippen LogP contribution in [-0.2, 0) is 0 Å². The number of rotatable bonds is 0. The van der Waals surface area contributed by atoms with Gasteiger partial charge in [0.25, 0.3) is 0 Å². The van der Waals surface area contributed by atoms with Crippen LogP contribution in [0.25, 0.3) is 0 Å². The van der Waals surface area contributed by atoms with Crippen LogP contribution in [0.3, 0.4) is 0 Å². The van der Waals surface area contributed by atoms with Crippen LogP contribution in [0.1, 0.15) is 0 Å². The van der Waals surface area contributed by atoms with Crippen LogP contribution >= 0.6 is 19.1 Å². The van der Waals surface area contributed by atoms with Crippen LogP contribution in [0.2, 0.25) is 0 Å². The Morgan fingerprint density at radius 2 is 1.80 bits per heavy atom. The fourth-order valence-electron chi connectivity index (χ4n) is 0. The average Bonchev–Trinajstić information content (AvgIpc) is 0.811. The van der Waals surface area contributed by atoms with E-state index in [1.165, 1.54) is 0 Å². The predicted octanol–water partition coefficient (Wildman–Crippen LogP) is -0.187. The van der Waals surface area contributed by atoms with Gasteiger partial charge in [-0.05, 0) is 0 Å². The van der Waals surface area contributed by atoms with E-state index in [1.807, 2.05) is 9.24 Å². The van der Waals surface area contributed by atoms with Crippen LogP contribution in [-0.4, -0.2) is 5.58 Å². The molecular formula is CH8N2P2. The smallest absolute Gasteiger partial charge is 0.107 e. The minimum atomic E-state index is 0. The molecule has 0 heterocycles. The van der Waals surface area contributed by atoms with Crippen molar-refractivity contribution in [3.8, 4) is 0 Å². The second-order valence-corrected chi connectivity index (χ2v) is 1.08. The average molecular weight is 110 g/mol. The van der Waals surface area contributed by atoms with Gasteiger partial charge in [0.05, 0.1) is 0 Å². The van der Waals surface area contributed by atoms with Gasteiger partial charge >= 0.3 is 0 Å². The molecule has 0 amide bonds. The molecule has 32 valence electrons. The van der Waals surface area contributed by atoms with Gasteiger partial charge in [0.1, 0.15) is 5.58 Å². The molecule has 2 unspecified atom stereocenters. The standard InChI is InChI=1S/CH5N2P.H3P/c2-1(3)4;/h4H2,(H3,2,3);1H3. The second kappa shape index (κ2) is 4.33. The van der Waals surface area contributed by atoms with Crippen molar-refractivity contribution < 1.29 is 0 Å². The summed E-state index contributed by atoms with van der Waals surface area (Å²) in [7, 11) is 2.02. The lowest BCUT2D eigenvalue weighted by molar-refractivity contribution is 1.51. The molecule has 0 radical (unpaired) electrons. The van der Waals surface area contributed by atoms with Gasteiger partial charge in [0.15, 0.2) is 0 Å². The van der Waals surface area contributed by atoms with E-state index in [0.717, 1.165) is 0 Å². The van der Waals surface area contributed by atoms with Crippen molar-refractivity contribution in [1.29, 1.82) is 5.41 Å². The highest BCUT2D eigenvalue weighted by Gasteiger charge is 1.53. The summed E-state index contributed by atoms with van der Waals surface area (Å²) in [6, 6.07) is 0. The minimum Gasteiger partial charge on any atom is -0.384 e. The van der Waals surface area contributed by atoms with E-state index in [1.54, 1.807) is 0 Å². The van der Waals surface area contributed by atoms with Gasteiger partial charge in [-0.1, -0.05) is 9.24 Å². The molecule has 0 rings (SSSR count). The van der Waals surface area contributed by atoms with E-state index in [0.29, 0.717) is 0 Å². The molecule has 0 saturated heterocycles. The quantitative estimate of drug-likeness (QED) is 0.253. The van der Waals surface area contributed by atoms with Crippen LogP contribution in [0.5, 0.6) is 0 Å². The third kappa shape index (κ3) is 216. The molecule has 5 heavy (non-hydrogen) atoms. The van der Waals surface area contributed by atoms with Gasteiger partial charge in [0.2, 0.25) is 0 Å². The molecule has 0 aliphatic rings. The highest BCUT2D eigenvalue weighted by Crippen LogP contribution is 1.66. The highest BCUT2D eigenvalue weighted by molar-refractivity contribution is 7.40. The summed E-state index contributed by atoms with van der Waals surface area (Å²) >= 11 is 0. The summed E-state index contributed by atoms with van der Waals surface area (Å²) in [5.41, 5.74) is 4.74. The van der Waals surface area contributed by atoms with Crippen LogP contribution in [0, 0.1) is 5.41 Å². The molecule has 2 atom stereocenters. The first kappa shape index (κ1) is 9.01. The summed E-state index contributed by atoms with van der Waals surface area (Å²) in [6.07, 6.45) is 0. The Morgan fingerprint density at radius 3 is 1.80 bits per heavy atom. The molecule has 2 nitrogen and oxygen atoms in total. The van der Waals surface area contributed by atoms with Crippen molar-refractivity contribution in [3.05, 3.63) is 0 Å². The SMILES string of the molecule is N=C(N)P.P. The van der Waals surface area contributed by atoms with Crippen molar-refractivity contribution in [3.63, 3.8) is 0 Å². The Kier molecular flexibility index (Phi) is 7.80. The van der Waals surface area contributed by atoms with E-state index in [-0.39, 0.29) is 15.5 Å². The molecule has 0 aromatic heterocycles. The maximum Gasteiger partial charge on any atom is 0.107 e. The first-order valence-electron chi connectivity index (χ1n) is 0.827. The van der Waals surface area contributed by atoms with Gasteiger partial charge in [0, 0.05) is 0 Å². The Morgan fingerprint density at radius 1 is 1.80 bits per heavy atom. The topological polar surface area (TPSA) is 49.9 Å². The zero-order chi connectivity index (χ0) is 3.58. The minimum absolute atomic E-state index is 0. The molecule has 0 bridgehead atoms. The molecule has 0 aliphatic carbocycles. The number of nitrogens with one attached hydrogen (secondary N) is 1. The number of hydrogen-bond donors (Lipinski definition) is 2. The fraction of sp³-hybridized carbons (Fsp3) is 0. The molecule has 0 fully saturated rings. The van der Waals surface area contributed by atoms with Crippen molar-refractivity contribution in [1.82, 2.24) is 0 Å². The van der Waals surface area contributed by atoms with Crippen LogP contribution in [0.4, 0.5) is 0 Å². The second-order valence-electron chi connectivity index (χ2n) is 0.455. The van der Waals surface area contributed by atoms with Crippen molar-refractivity contribution in [2.75, 3.05) is 0 Å². The summed E-state index contributed by atoms with van der Waals surface area (Å²) in [4.78, 5) is 0. The highest BCUT2D eigenvalue weighted by atomic mass is 31.0. The maximum atomic E-state index is 6.24. The lowest BCUT2D eigenvalue weighted by atomic mass is 11.4. The number of nitrogens with two attached hydrogens (primary N) is 1. The molecule has 4 heteroatoms. The van der Waals surface area contributed by atoms with E-state index < -0.39 is 0 Å². The van der Waals surface area contributed by atoms with Gasteiger partial charge in [-0.3, -0.25) is 5.41 Å². The Labute approximate surface area is 36.8 Å². The van der Waals surface area contributed by atoms with Gasteiger partial charge in [-0.25, -0.2) is 0 Å².